The predicted molar refractivity (Wildman–Crippen MR) is 390 cm³/mol. The number of anilines is 6. The summed E-state index contributed by atoms with van der Waals surface area (Å²) in [7, 11) is 0. The van der Waals surface area contributed by atoms with E-state index >= 15 is 0 Å². The Bertz CT molecular complexity index is 4000. The minimum absolute atomic E-state index is 0.0521. The van der Waals surface area contributed by atoms with Gasteiger partial charge in [0.1, 0.15) is 23.0 Å². The molecule has 92 heavy (non-hydrogen) atoms. The van der Waals surface area contributed by atoms with Crippen molar-refractivity contribution in [3.8, 4) is 45.3 Å². The lowest BCUT2D eigenvalue weighted by Crippen LogP contribution is -2.64. The number of benzene rings is 9. The van der Waals surface area contributed by atoms with Crippen LogP contribution in [-0.4, -0.2) is 13.4 Å². The van der Waals surface area contributed by atoms with E-state index in [1.54, 1.807) is 0 Å². The van der Waals surface area contributed by atoms with E-state index in [1.165, 1.54) is 228 Å². The Hall–Kier alpha value is -7.69. The van der Waals surface area contributed by atoms with Gasteiger partial charge in [-0.15, -0.1) is 0 Å². The van der Waals surface area contributed by atoms with Gasteiger partial charge in [-0.3, -0.25) is 0 Å². The van der Waals surface area contributed by atoms with Crippen LogP contribution in [0.1, 0.15) is 227 Å². The first-order valence-corrected chi connectivity index (χ1v) is 36.0. The molecule has 4 aliphatic carbocycles. The fourth-order valence-electron chi connectivity index (χ4n) is 18.3. The van der Waals surface area contributed by atoms with Crippen molar-refractivity contribution in [2.75, 3.05) is 9.80 Å². The van der Waals surface area contributed by atoms with Crippen molar-refractivity contribution in [1.29, 1.82) is 0 Å². The van der Waals surface area contributed by atoms with Crippen molar-refractivity contribution < 1.29 is 9.47 Å². The lowest BCUT2D eigenvalue weighted by Gasteiger charge is -2.47. The van der Waals surface area contributed by atoms with Crippen LogP contribution in [0.4, 0.5) is 34.1 Å². The third-order valence-corrected chi connectivity index (χ3v) is 23.5. The molecule has 0 saturated heterocycles. The lowest BCUT2D eigenvalue weighted by atomic mass is 9.31. The second-order valence-electron chi connectivity index (χ2n) is 31.2. The highest BCUT2D eigenvalue weighted by atomic mass is 16.5. The Kier molecular flexibility index (Phi) is 14.6. The SMILES string of the molecule is CC(C)(C)c1ccc(-c2ccc3c(c2)Oc2c4c(c5c6c2N(c2ccc(C7CCCCC7)cc2)c2ccc(C7CCCCC7)cc2B6c2ccc(-c6ccc(C(C)(C)C)cc6)cc2O5)N(c2ccc(C5CCCCC5)cc2)c2ccc(C5CCCCC5)cc2B34)cc1. The number of hydrogen-bond acceptors (Lipinski definition) is 4. The van der Waals surface area contributed by atoms with Crippen LogP contribution >= 0.6 is 0 Å². The summed E-state index contributed by atoms with van der Waals surface area (Å²) in [6, 6.07) is 68.1. The molecule has 0 spiro atoms. The second kappa shape index (κ2) is 23.1. The Morgan fingerprint density at radius 2 is 0.630 bits per heavy atom. The standard InChI is InChI=1S/C86H90B2N2O2/c1-85(2,3)67-39-27-61(28-40-67)65-35-47-71-77(53-65)91-83-79-82(90(70-45-33-60(34-46-70)56-21-13-8-14-22-56)75-49-37-63(51-73(75)87(71)79)57-23-15-9-16-24-57)84-80-81(83)89(69-43-31-59(32-44-69)55-19-11-7-12-20-55)76-50-38-64(58-25-17-10-18-26-58)52-74(76)88(80)72-48-36-66(54-78(72)92-84)62-29-41-68(42-30-62)86(4,5)6/h27-58H,7-26H2,1-6H3. The molecule has 0 atom stereocenters. The van der Waals surface area contributed by atoms with Gasteiger partial charge in [-0.2, -0.15) is 0 Å². The Labute approximate surface area is 549 Å². The van der Waals surface area contributed by atoms with Crippen molar-refractivity contribution >= 4 is 80.3 Å². The third-order valence-electron chi connectivity index (χ3n) is 23.5. The summed E-state index contributed by atoms with van der Waals surface area (Å²) in [5.74, 6) is 6.01. The first kappa shape index (κ1) is 58.2. The zero-order valence-electron chi connectivity index (χ0n) is 55.5. The zero-order valence-corrected chi connectivity index (χ0v) is 55.5. The minimum atomic E-state index is -0.152. The molecule has 0 aromatic heterocycles. The van der Waals surface area contributed by atoms with E-state index in [1.807, 2.05) is 0 Å². The van der Waals surface area contributed by atoms with Crippen molar-refractivity contribution in [3.05, 3.63) is 203 Å². The maximum atomic E-state index is 8.16. The monoisotopic (exact) mass is 1200 g/mol. The molecular formula is C86H90B2N2O2. The van der Waals surface area contributed by atoms with Crippen molar-refractivity contribution in [1.82, 2.24) is 0 Å². The van der Waals surface area contributed by atoms with E-state index in [0.29, 0.717) is 23.7 Å². The average molecular weight is 1210 g/mol. The highest BCUT2D eigenvalue weighted by Gasteiger charge is 2.53. The average Bonchev–Trinajstić information content (AvgIpc) is 0.674. The fraction of sp³-hybridized carbons (Fsp3) is 0.372. The summed E-state index contributed by atoms with van der Waals surface area (Å²) in [6.07, 6.45) is 25.7. The molecule has 4 fully saturated rings. The Morgan fingerprint density at radius 3 is 0.967 bits per heavy atom. The first-order valence-electron chi connectivity index (χ1n) is 36.0. The van der Waals surface area contributed by atoms with Gasteiger partial charge in [0, 0.05) is 33.7 Å². The number of ether oxygens (including phenoxy) is 2. The first-order chi connectivity index (χ1) is 44.9. The van der Waals surface area contributed by atoms with Gasteiger partial charge < -0.3 is 19.3 Å². The normalized spacial score (nSPS) is 18.2. The molecule has 8 aliphatic rings. The Balaban J connectivity index is 0.958. The smallest absolute Gasteiger partial charge is 0.256 e. The van der Waals surface area contributed by atoms with Crippen LogP contribution in [-0.2, 0) is 10.8 Å². The molecule has 4 saturated carbocycles. The molecule has 4 heterocycles. The van der Waals surface area contributed by atoms with Crippen LogP contribution in [0.3, 0.4) is 0 Å². The largest absolute Gasteiger partial charge is 0.456 e. The van der Waals surface area contributed by atoms with E-state index in [-0.39, 0.29) is 24.3 Å². The highest BCUT2D eigenvalue weighted by molar-refractivity contribution is 7.02. The van der Waals surface area contributed by atoms with E-state index in [0.717, 1.165) is 45.7 Å². The van der Waals surface area contributed by atoms with Crippen molar-refractivity contribution in [3.63, 3.8) is 0 Å². The van der Waals surface area contributed by atoms with Crippen molar-refractivity contribution in [2.24, 2.45) is 0 Å². The van der Waals surface area contributed by atoms with Crippen LogP contribution in [0.2, 0.25) is 0 Å². The van der Waals surface area contributed by atoms with Crippen LogP contribution in [0.15, 0.2) is 170 Å². The van der Waals surface area contributed by atoms with Crippen LogP contribution < -0.4 is 52.1 Å². The highest BCUT2D eigenvalue weighted by Crippen LogP contribution is 2.55. The maximum absolute atomic E-state index is 8.16. The third kappa shape index (κ3) is 10.1. The number of nitrogens with zero attached hydrogens (tertiary/aromatic N) is 2. The van der Waals surface area contributed by atoms with E-state index < -0.39 is 0 Å². The number of hydrogen-bond donors (Lipinski definition) is 0. The molecule has 0 N–H and O–H groups in total. The number of fused-ring (bicyclic) bond motifs is 10. The summed E-state index contributed by atoms with van der Waals surface area (Å²) in [5.41, 5.74) is 27.9. The summed E-state index contributed by atoms with van der Waals surface area (Å²) in [6.45, 7) is 13.5. The molecule has 0 radical (unpaired) electrons. The fourth-order valence-corrected chi connectivity index (χ4v) is 18.3. The van der Waals surface area contributed by atoms with Gasteiger partial charge in [0.15, 0.2) is 0 Å². The molecule has 6 heteroatoms. The van der Waals surface area contributed by atoms with Crippen LogP contribution in [0, 0.1) is 0 Å². The molecule has 462 valence electrons. The van der Waals surface area contributed by atoms with Crippen LogP contribution in [0.25, 0.3) is 22.3 Å². The minimum Gasteiger partial charge on any atom is -0.456 e. The number of rotatable bonds is 8. The molecule has 0 amide bonds. The van der Waals surface area contributed by atoms with E-state index in [4.69, 9.17) is 9.47 Å². The zero-order chi connectivity index (χ0) is 62.0. The molecule has 0 bridgehead atoms. The van der Waals surface area contributed by atoms with Gasteiger partial charge >= 0.3 is 0 Å². The molecule has 0 unspecified atom stereocenters. The van der Waals surface area contributed by atoms with Gasteiger partial charge in [0.05, 0.1) is 11.4 Å². The summed E-state index contributed by atoms with van der Waals surface area (Å²) < 4.78 is 16.3. The molecule has 4 aliphatic heterocycles. The van der Waals surface area contributed by atoms with Gasteiger partial charge in [0.2, 0.25) is 0 Å². The van der Waals surface area contributed by atoms with E-state index in [9.17, 15) is 0 Å². The molecule has 9 aromatic rings. The summed E-state index contributed by atoms with van der Waals surface area (Å²) in [4.78, 5) is 5.28. The molecular weight excluding hydrogens is 1110 g/mol. The maximum Gasteiger partial charge on any atom is 0.256 e. The second-order valence-corrected chi connectivity index (χ2v) is 31.2. The van der Waals surface area contributed by atoms with E-state index in [2.05, 4.69) is 221 Å². The summed E-state index contributed by atoms with van der Waals surface area (Å²) in [5, 5.41) is 0. The van der Waals surface area contributed by atoms with Crippen molar-refractivity contribution in [2.45, 2.75) is 204 Å². The predicted octanol–water partition coefficient (Wildman–Crippen LogP) is 20.6. The van der Waals surface area contributed by atoms with Crippen LogP contribution in [0.5, 0.6) is 23.0 Å². The lowest BCUT2D eigenvalue weighted by molar-refractivity contribution is 0.443. The molecule has 9 aromatic carbocycles. The topological polar surface area (TPSA) is 24.9 Å². The molecule has 17 rings (SSSR count). The van der Waals surface area contributed by atoms with Gasteiger partial charge in [0.25, 0.3) is 13.4 Å². The van der Waals surface area contributed by atoms with Gasteiger partial charge in [-0.1, -0.05) is 240 Å². The Morgan fingerprint density at radius 1 is 0.315 bits per heavy atom. The van der Waals surface area contributed by atoms with Gasteiger partial charge in [-0.05, 0) is 212 Å². The quantitative estimate of drug-likeness (QED) is 0.142. The van der Waals surface area contributed by atoms with Gasteiger partial charge in [-0.25, -0.2) is 0 Å². The summed E-state index contributed by atoms with van der Waals surface area (Å²) >= 11 is 0. The molecule has 4 nitrogen and oxygen atoms in total.